The standard InChI is InChI=1S/C38H48N4O4/c1-3-4-5-6-7-8-9-12-22-39-35-36(38(45)37(35)44)41-28-20-18-27(19-21-28)23-26(2)40-24-29(43)25-46-33-17-13-16-32-34(33)30-14-10-11-15-31(30)42-32/h10-11,13-21,26,29,39-43H,3-9,12,22-25H2,1-2H3/t26?,29-/m0/s1. The third-order valence-electron chi connectivity index (χ3n) is 8.63. The van der Waals surface area contributed by atoms with Gasteiger partial charge in [-0.1, -0.05) is 88.3 Å². The molecule has 46 heavy (non-hydrogen) atoms. The lowest BCUT2D eigenvalue weighted by atomic mass is 10.1. The van der Waals surface area contributed by atoms with E-state index in [4.69, 9.17) is 4.74 Å². The summed E-state index contributed by atoms with van der Waals surface area (Å²) in [5.41, 5.74) is 3.80. The molecule has 0 bridgehead atoms. The first kappa shape index (κ1) is 33.2. The van der Waals surface area contributed by atoms with Crippen LogP contribution in [0.5, 0.6) is 5.75 Å². The van der Waals surface area contributed by atoms with Crippen LogP contribution in [0.3, 0.4) is 0 Å². The number of unbranched alkanes of at least 4 members (excludes halogenated alkanes) is 7. The van der Waals surface area contributed by atoms with Gasteiger partial charge in [-0.15, -0.1) is 0 Å². The van der Waals surface area contributed by atoms with E-state index in [2.05, 4.69) is 40.8 Å². The van der Waals surface area contributed by atoms with Crippen LogP contribution in [-0.4, -0.2) is 41.9 Å². The zero-order valence-corrected chi connectivity index (χ0v) is 27.2. The highest BCUT2D eigenvalue weighted by molar-refractivity contribution is 6.10. The molecule has 0 fully saturated rings. The van der Waals surface area contributed by atoms with Crippen LogP contribution in [0.4, 0.5) is 17.1 Å². The fourth-order valence-electron chi connectivity index (χ4n) is 6.02. The van der Waals surface area contributed by atoms with Crippen molar-refractivity contribution in [3.63, 3.8) is 0 Å². The molecule has 0 saturated carbocycles. The molecule has 2 atom stereocenters. The van der Waals surface area contributed by atoms with Gasteiger partial charge in [-0.2, -0.15) is 0 Å². The van der Waals surface area contributed by atoms with Gasteiger partial charge in [0.2, 0.25) is 0 Å². The molecule has 5 aromatic rings. The molecule has 0 amide bonds. The van der Waals surface area contributed by atoms with Crippen LogP contribution >= 0.6 is 0 Å². The van der Waals surface area contributed by atoms with E-state index in [9.17, 15) is 14.7 Å². The summed E-state index contributed by atoms with van der Waals surface area (Å²) < 4.78 is 6.06. The Morgan fingerprint density at radius 1 is 0.804 bits per heavy atom. The zero-order chi connectivity index (χ0) is 32.3. The summed E-state index contributed by atoms with van der Waals surface area (Å²) in [7, 11) is 0. The maximum Gasteiger partial charge on any atom is 0.253 e. The van der Waals surface area contributed by atoms with Gasteiger partial charge in [0.1, 0.15) is 29.8 Å². The summed E-state index contributed by atoms with van der Waals surface area (Å²) in [5.74, 6) is 0.755. The number of fused-ring (bicyclic) bond motifs is 3. The van der Waals surface area contributed by atoms with Crippen LogP contribution in [-0.2, 0) is 6.42 Å². The molecule has 8 nitrogen and oxygen atoms in total. The molecule has 5 N–H and O–H groups in total. The molecule has 244 valence electrons. The number of hydrogen-bond acceptors (Lipinski definition) is 7. The minimum absolute atomic E-state index is 0.131. The molecule has 1 unspecified atom stereocenters. The van der Waals surface area contributed by atoms with Crippen LogP contribution in [0.25, 0.3) is 21.8 Å². The fraction of sp³-hybridized carbons (Fsp3) is 0.421. The van der Waals surface area contributed by atoms with Gasteiger partial charge in [-0.25, -0.2) is 0 Å². The first-order valence-electron chi connectivity index (χ1n) is 16.9. The van der Waals surface area contributed by atoms with Gasteiger partial charge in [-0.3, -0.25) is 9.59 Å². The summed E-state index contributed by atoms with van der Waals surface area (Å²) in [4.78, 5) is 27.8. The van der Waals surface area contributed by atoms with Gasteiger partial charge in [0.15, 0.2) is 0 Å². The number of anilines is 3. The number of aliphatic hydroxyl groups excluding tert-OH is 1. The van der Waals surface area contributed by atoms with E-state index in [1.165, 1.54) is 38.5 Å². The minimum Gasteiger partial charge on any atom is -0.490 e. The predicted molar refractivity (Wildman–Crippen MR) is 191 cm³/mol. The van der Waals surface area contributed by atoms with Gasteiger partial charge in [0.05, 0.1) is 5.52 Å². The van der Waals surface area contributed by atoms with Gasteiger partial charge in [-0.05, 0) is 55.7 Å². The van der Waals surface area contributed by atoms with Crippen molar-refractivity contribution in [3.05, 3.63) is 92.7 Å². The van der Waals surface area contributed by atoms with Gasteiger partial charge >= 0.3 is 0 Å². The highest BCUT2D eigenvalue weighted by Gasteiger charge is 2.20. The smallest absolute Gasteiger partial charge is 0.253 e. The van der Waals surface area contributed by atoms with Gasteiger partial charge in [0, 0.05) is 41.1 Å². The molecule has 1 aromatic heterocycles. The van der Waals surface area contributed by atoms with Crippen molar-refractivity contribution in [2.24, 2.45) is 0 Å². The number of aliphatic hydroxyl groups is 1. The summed E-state index contributed by atoms with van der Waals surface area (Å²) >= 11 is 0. The number of para-hydroxylation sites is 1. The third-order valence-corrected chi connectivity index (χ3v) is 8.63. The molecule has 0 radical (unpaired) electrons. The molecule has 1 heterocycles. The van der Waals surface area contributed by atoms with Gasteiger partial charge in [0.25, 0.3) is 10.9 Å². The molecule has 0 spiro atoms. The Hall–Kier alpha value is -4.14. The summed E-state index contributed by atoms with van der Waals surface area (Å²) in [6.45, 7) is 5.60. The SMILES string of the molecule is CCCCCCCCCCNc1c(Nc2ccc(CC(C)NC[C@H](O)COc3cccc4[nH]c5ccccc5c34)cc2)c(=O)c1=O. The number of rotatable bonds is 20. The number of ether oxygens (including phenoxy) is 1. The first-order valence-corrected chi connectivity index (χ1v) is 16.9. The lowest BCUT2D eigenvalue weighted by Crippen LogP contribution is -2.37. The molecule has 0 saturated heterocycles. The van der Waals surface area contributed by atoms with E-state index in [-0.39, 0.29) is 12.6 Å². The first-order chi connectivity index (χ1) is 22.4. The number of H-pyrrole nitrogens is 1. The van der Waals surface area contributed by atoms with Crippen molar-refractivity contribution in [3.8, 4) is 5.75 Å². The Labute approximate surface area is 271 Å². The second kappa shape index (κ2) is 16.4. The fourth-order valence-corrected chi connectivity index (χ4v) is 6.02. The number of aromatic nitrogens is 1. The average Bonchev–Trinajstić information content (AvgIpc) is 3.46. The third kappa shape index (κ3) is 8.56. The second-order valence-corrected chi connectivity index (χ2v) is 12.5. The summed E-state index contributed by atoms with van der Waals surface area (Å²) in [6.07, 6.45) is 9.88. The average molecular weight is 625 g/mol. The molecular formula is C38H48N4O4. The van der Waals surface area contributed by atoms with Crippen LogP contribution in [0.1, 0.15) is 70.8 Å². The molecule has 4 aromatic carbocycles. The molecule has 0 aliphatic rings. The van der Waals surface area contributed by atoms with Crippen molar-refractivity contribution in [1.82, 2.24) is 10.3 Å². The van der Waals surface area contributed by atoms with E-state index in [1.54, 1.807) is 0 Å². The van der Waals surface area contributed by atoms with Gasteiger partial charge < -0.3 is 30.8 Å². The molecule has 5 rings (SSSR count). The molecule has 0 aliphatic heterocycles. The van der Waals surface area contributed by atoms with E-state index in [1.807, 2.05) is 60.7 Å². The summed E-state index contributed by atoms with van der Waals surface area (Å²) in [6, 6.07) is 22.1. The van der Waals surface area contributed by atoms with E-state index in [0.717, 1.165) is 58.1 Å². The van der Waals surface area contributed by atoms with Crippen molar-refractivity contribution in [1.29, 1.82) is 0 Å². The second-order valence-electron chi connectivity index (χ2n) is 12.5. The van der Waals surface area contributed by atoms with Crippen LogP contribution < -0.4 is 31.5 Å². The van der Waals surface area contributed by atoms with Crippen molar-refractivity contribution >= 4 is 38.9 Å². The normalized spacial score (nSPS) is 12.9. The van der Waals surface area contributed by atoms with Crippen molar-refractivity contribution in [2.75, 3.05) is 30.3 Å². The Balaban J connectivity index is 1.03. The Morgan fingerprint density at radius 2 is 1.50 bits per heavy atom. The Kier molecular flexibility index (Phi) is 11.9. The zero-order valence-electron chi connectivity index (χ0n) is 27.2. The van der Waals surface area contributed by atoms with E-state index < -0.39 is 17.0 Å². The number of benzene rings is 3. The minimum atomic E-state index is -0.663. The quantitative estimate of drug-likeness (QED) is 0.0461. The highest BCUT2D eigenvalue weighted by atomic mass is 16.5. The lowest BCUT2D eigenvalue weighted by molar-refractivity contribution is 0.105. The number of hydrogen-bond donors (Lipinski definition) is 5. The van der Waals surface area contributed by atoms with Crippen LogP contribution in [0.15, 0.2) is 76.3 Å². The predicted octanol–water partition coefficient (Wildman–Crippen LogP) is 7.17. The Morgan fingerprint density at radius 3 is 2.28 bits per heavy atom. The largest absolute Gasteiger partial charge is 0.490 e. The van der Waals surface area contributed by atoms with E-state index in [0.29, 0.717) is 24.5 Å². The number of nitrogens with one attached hydrogen (secondary N) is 4. The monoisotopic (exact) mass is 624 g/mol. The Bertz CT molecular complexity index is 1750. The lowest BCUT2D eigenvalue weighted by Gasteiger charge is -2.18. The maximum absolute atomic E-state index is 12.3. The van der Waals surface area contributed by atoms with Crippen molar-refractivity contribution < 1.29 is 9.84 Å². The molecule has 8 heteroatoms. The van der Waals surface area contributed by atoms with E-state index >= 15 is 0 Å². The number of aromatic amines is 1. The molecule has 0 aliphatic carbocycles. The van der Waals surface area contributed by atoms with Crippen LogP contribution in [0.2, 0.25) is 0 Å². The topological polar surface area (TPSA) is 115 Å². The van der Waals surface area contributed by atoms with Crippen molar-refractivity contribution in [2.45, 2.75) is 83.8 Å². The summed E-state index contributed by atoms with van der Waals surface area (Å²) in [5, 5.41) is 22.5. The maximum atomic E-state index is 12.3. The molecular weight excluding hydrogens is 576 g/mol. The highest BCUT2D eigenvalue weighted by Crippen LogP contribution is 2.33. The van der Waals surface area contributed by atoms with Crippen LogP contribution in [0, 0.1) is 0 Å².